The summed E-state index contributed by atoms with van der Waals surface area (Å²) >= 11 is 0. The van der Waals surface area contributed by atoms with Crippen LogP contribution in [0.3, 0.4) is 0 Å². The van der Waals surface area contributed by atoms with Crippen LogP contribution in [0, 0.1) is 34.5 Å². The Morgan fingerprint density at radius 2 is 2.00 bits per heavy atom. The average molecular weight is 376 g/mol. The number of hydrogen-bond donors (Lipinski definition) is 0. The first-order valence-corrected chi connectivity index (χ1v) is 10.3. The third-order valence-electron chi connectivity index (χ3n) is 7.94. The van der Waals surface area contributed by atoms with Crippen LogP contribution in [-0.4, -0.2) is 24.5 Å². The van der Waals surface area contributed by atoms with E-state index in [1.807, 2.05) is 0 Å². The quantitative estimate of drug-likeness (QED) is 0.534. The van der Waals surface area contributed by atoms with Crippen molar-refractivity contribution < 1.29 is 23.8 Å². The highest BCUT2D eigenvalue weighted by Crippen LogP contribution is 2.65. The van der Waals surface area contributed by atoms with Gasteiger partial charge in [0.25, 0.3) is 0 Å². The highest BCUT2D eigenvalue weighted by Gasteiger charge is 2.64. The second-order valence-corrected chi connectivity index (χ2v) is 9.99. The molecule has 2 heterocycles. The number of ether oxygens (including phenoxy) is 3. The SMILES string of the molecule is C=C1CCCC(C)(C)[C@@H]2CC[C@@](C)([C@H]3[C@H](OC(C)=O)O[C@H]4OC(=O)C[C@H]43)[C@H]12. The number of esters is 2. The van der Waals surface area contributed by atoms with Crippen LogP contribution in [0.4, 0.5) is 0 Å². The van der Waals surface area contributed by atoms with Gasteiger partial charge in [0.2, 0.25) is 12.6 Å². The van der Waals surface area contributed by atoms with Crippen LogP contribution in [0.25, 0.3) is 0 Å². The van der Waals surface area contributed by atoms with Gasteiger partial charge in [0, 0.05) is 18.8 Å². The van der Waals surface area contributed by atoms with Crippen molar-refractivity contribution >= 4 is 11.9 Å². The molecule has 4 rings (SSSR count). The molecule has 0 N–H and O–H groups in total. The van der Waals surface area contributed by atoms with Crippen LogP contribution in [0.1, 0.15) is 66.2 Å². The molecule has 0 amide bonds. The molecule has 5 heteroatoms. The maximum atomic E-state index is 11.9. The second-order valence-electron chi connectivity index (χ2n) is 9.99. The van der Waals surface area contributed by atoms with Crippen molar-refractivity contribution in [3.8, 4) is 0 Å². The lowest BCUT2D eigenvalue weighted by Gasteiger charge is -2.44. The Kier molecular flexibility index (Phi) is 4.45. The van der Waals surface area contributed by atoms with E-state index >= 15 is 0 Å². The molecular weight excluding hydrogens is 344 g/mol. The summed E-state index contributed by atoms with van der Waals surface area (Å²) in [5.74, 6) is 0.260. The van der Waals surface area contributed by atoms with Gasteiger partial charge in [-0.25, -0.2) is 0 Å². The van der Waals surface area contributed by atoms with Crippen LogP contribution in [0.5, 0.6) is 0 Å². The molecule has 4 aliphatic rings. The predicted octanol–water partition coefficient (Wildman–Crippen LogP) is 4.21. The summed E-state index contributed by atoms with van der Waals surface area (Å²) in [6.07, 6.45) is 4.73. The van der Waals surface area contributed by atoms with E-state index in [4.69, 9.17) is 14.2 Å². The maximum absolute atomic E-state index is 11.9. The van der Waals surface area contributed by atoms with Gasteiger partial charge in [-0.3, -0.25) is 9.59 Å². The molecule has 150 valence electrons. The molecule has 0 bridgehead atoms. The number of fused-ring (bicyclic) bond motifs is 2. The van der Waals surface area contributed by atoms with Gasteiger partial charge in [-0.05, 0) is 54.8 Å². The number of hydrogen-bond acceptors (Lipinski definition) is 5. The topological polar surface area (TPSA) is 61.8 Å². The second kappa shape index (κ2) is 6.33. The average Bonchev–Trinajstić information content (AvgIpc) is 3.14. The largest absolute Gasteiger partial charge is 0.435 e. The normalized spacial score (nSPS) is 45.8. The van der Waals surface area contributed by atoms with E-state index in [0.717, 1.165) is 19.3 Å². The molecule has 2 saturated heterocycles. The zero-order chi connectivity index (χ0) is 19.6. The summed E-state index contributed by atoms with van der Waals surface area (Å²) in [5.41, 5.74) is 1.47. The van der Waals surface area contributed by atoms with E-state index in [2.05, 4.69) is 27.4 Å². The molecular formula is C22H32O5. The van der Waals surface area contributed by atoms with E-state index in [1.54, 1.807) is 0 Å². The van der Waals surface area contributed by atoms with Gasteiger partial charge in [-0.2, -0.15) is 0 Å². The summed E-state index contributed by atoms with van der Waals surface area (Å²) in [6, 6.07) is 0. The Morgan fingerprint density at radius 3 is 2.70 bits per heavy atom. The molecule has 2 saturated carbocycles. The minimum absolute atomic E-state index is 0.0431. The summed E-state index contributed by atoms with van der Waals surface area (Å²) in [7, 11) is 0. The highest BCUT2D eigenvalue weighted by molar-refractivity contribution is 5.72. The number of carbonyl (C=O) groups is 2. The van der Waals surface area contributed by atoms with Gasteiger partial charge in [-0.15, -0.1) is 0 Å². The Balaban J connectivity index is 1.73. The number of rotatable bonds is 2. The van der Waals surface area contributed by atoms with Crippen molar-refractivity contribution in [2.45, 2.75) is 78.8 Å². The van der Waals surface area contributed by atoms with Crippen LogP contribution in [0.15, 0.2) is 12.2 Å². The zero-order valence-electron chi connectivity index (χ0n) is 17.0. The van der Waals surface area contributed by atoms with Gasteiger partial charge in [-0.1, -0.05) is 32.9 Å². The van der Waals surface area contributed by atoms with E-state index in [9.17, 15) is 9.59 Å². The molecule has 4 fully saturated rings. The van der Waals surface area contributed by atoms with Crippen molar-refractivity contribution in [3.05, 3.63) is 12.2 Å². The lowest BCUT2D eigenvalue weighted by Crippen LogP contribution is -2.44. The van der Waals surface area contributed by atoms with Gasteiger partial charge in [0.1, 0.15) is 0 Å². The Hall–Kier alpha value is -1.36. The summed E-state index contributed by atoms with van der Waals surface area (Å²) in [5, 5.41) is 0. The van der Waals surface area contributed by atoms with E-state index in [0.29, 0.717) is 18.3 Å². The first-order valence-electron chi connectivity index (χ1n) is 10.3. The van der Waals surface area contributed by atoms with Gasteiger partial charge in [0.15, 0.2) is 0 Å². The van der Waals surface area contributed by atoms with Gasteiger partial charge >= 0.3 is 11.9 Å². The smallest absolute Gasteiger partial charge is 0.308 e. The predicted molar refractivity (Wildman–Crippen MR) is 99.2 cm³/mol. The zero-order valence-corrected chi connectivity index (χ0v) is 17.0. The van der Waals surface area contributed by atoms with Gasteiger partial charge < -0.3 is 14.2 Å². The molecule has 0 aromatic heterocycles. The highest BCUT2D eigenvalue weighted by atomic mass is 16.8. The minimum atomic E-state index is -0.645. The third kappa shape index (κ3) is 2.93. The fourth-order valence-electron chi connectivity index (χ4n) is 6.79. The standard InChI is InChI=1S/C22H32O5/c1-12-7-6-9-21(3,4)15-8-10-22(5,17(12)15)18-14-11-16(24)26-19(14)27-20(18)25-13(2)23/h14-15,17-20H,1,6-11H2,2-5H3/t14-,15+,17+,18+,19+,20+,22+/m0/s1. The summed E-state index contributed by atoms with van der Waals surface area (Å²) < 4.78 is 16.9. The number of allylic oxidation sites excluding steroid dienone is 1. The fourth-order valence-corrected chi connectivity index (χ4v) is 6.79. The minimum Gasteiger partial charge on any atom is -0.435 e. The molecule has 7 atom stereocenters. The molecule has 0 unspecified atom stereocenters. The molecule has 0 radical (unpaired) electrons. The van der Waals surface area contributed by atoms with Crippen molar-refractivity contribution in [2.75, 3.05) is 0 Å². The Labute approximate surface area is 161 Å². The van der Waals surface area contributed by atoms with Gasteiger partial charge in [0.05, 0.1) is 6.42 Å². The van der Waals surface area contributed by atoms with Crippen LogP contribution >= 0.6 is 0 Å². The first-order chi connectivity index (χ1) is 12.6. The Bertz CT molecular complexity index is 668. The number of carbonyl (C=O) groups excluding carboxylic acids is 2. The van der Waals surface area contributed by atoms with Crippen molar-refractivity contribution in [1.82, 2.24) is 0 Å². The van der Waals surface area contributed by atoms with Crippen molar-refractivity contribution in [2.24, 2.45) is 34.5 Å². The van der Waals surface area contributed by atoms with Crippen molar-refractivity contribution in [3.63, 3.8) is 0 Å². The monoisotopic (exact) mass is 376 g/mol. The summed E-state index contributed by atoms with van der Waals surface area (Å²) in [6.45, 7) is 13.0. The molecule has 0 spiro atoms. The van der Waals surface area contributed by atoms with E-state index in [1.165, 1.54) is 25.3 Å². The van der Waals surface area contributed by atoms with Crippen molar-refractivity contribution in [1.29, 1.82) is 0 Å². The molecule has 2 aliphatic carbocycles. The first kappa shape index (κ1) is 19.0. The lowest BCUT2D eigenvalue weighted by molar-refractivity contribution is -0.214. The maximum Gasteiger partial charge on any atom is 0.308 e. The molecule has 0 aromatic carbocycles. The molecule has 0 aromatic rings. The van der Waals surface area contributed by atoms with E-state index in [-0.39, 0.29) is 34.6 Å². The molecule has 27 heavy (non-hydrogen) atoms. The third-order valence-corrected chi connectivity index (χ3v) is 7.94. The van der Waals surface area contributed by atoms with Crippen LogP contribution in [0.2, 0.25) is 0 Å². The van der Waals surface area contributed by atoms with Crippen LogP contribution < -0.4 is 0 Å². The van der Waals surface area contributed by atoms with Crippen LogP contribution in [-0.2, 0) is 23.8 Å². The molecule has 5 nitrogen and oxygen atoms in total. The fraction of sp³-hybridized carbons (Fsp3) is 0.818. The van der Waals surface area contributed by atoms with E-state index < -0.39 is 12.6 Å². The molecule has 2 aliphatic heterocycles. The lowest BCUT2D eigenvalue weighted by atomic mass is 9.59. The Morgan fingerprint density at radius 1 is 1.26 bits per heavy atom. The summed E-state index contributed by atoms with van der Waals surface area (Å²) in [4.78, 5) is 23.7.